The van der Waals surface area contributed by atoms with E-state index in [2.05, 4.69) is 5.32 Å². The van der Waals surface area contributed by atoms with Crippen molar-refractivity contribution < 1.29 is 28.2 Å². The standard InChI is InChI=1S/C22H25F2NO4/c1-3-4-15-5-8-20(21(10-15)28-2)29-14-22(27)25-12-16(13-26)9-17-11-18(23)6-7-19(17)24/h3-8,10-11,16,26H,9,12-14H2,1-2H3,(H,25,27)/b4-3+. The Kier molecular flexibility index (Phi) is 8.61. The van der Waals surface area contributed by atoms with Gasteiger partial charge in [0.1, 0.15) is 11.6 Å². The zero-order valence-corrected chi connectivity index (χ0v) is 16.5. The molecule has 29 heavy (non-hydrogen) atoms. The molecule has 2 aromatic carbocycles. The fourth-order valence-corrected chi connectivity index (χ4v) is 2.76. The van der Waals surface area contributed by atoms with E-state index < -0.39 is 23.5 Å². The van der Waals surface area contributed by atoms with Gasteiger partial charge in [0.15, 0.2) is 18.1 Å². The third kappa shape index (κ3) is 6.87. The first-order valence-electron chi connectivity index (χ1n) is 9.21. The van der Waals surface area contributed by atoms with Crippen molar-refractivity contribution >= 4 is 12.0 Å². The van der Waals surface area contributed by atoms with E-state index in [0.29, 0.717) is 11.5 Å². The summed E-state index contributed by atoms with van der Waals surface area (Å²) >= 11 is 0. The summed E-state index contributed by atoms with van der Waals surface area (Å²) in [5.41, 5.74) is 1.09. The molecule has 0 aliphatic heterocycles. The fourth-order valence-electron chi connectivity index (χ4n) is 2.76. The monoisotopic (exact) mass is 405 g/mol. The summed E-state index contributed by atoms with van der Waals surface area (Å²) in [6.45, 7) is 1.48. The van der Waals surface area contributed by atoms with E-state index in [4.69, 9.17) is 9.47 Å². The van der Waals surface area contributed by atoms with Crippen LogP contribution in [0.3, 0.4) is 0 Å². The smallest absolute Gasteiger partial charge is 0.257 e. The number of aliphatic hydroxyl groups is 1. The molecule has 1 unspecified atom stereocenters. The van der Waals surface area contributed by atoms with Gasteiger partial charge in [0.25, 0.3) is 5.91 Å². The van der Waals surface area contributed by atoms with E-state index in [9.17, 15) is 18.7 Å². The highest BCUT2D eigenvalue weighted by atomic mass is 19.1. The van der Waals surface area contributed by atoms with Crippen molar-refractivity contribution in [2.75, 3.05) is 26.9 Å². The number of ether oxygens (including phenoxy) is 2. The van der Waals surface area contributed by atoms with Crippen molar-refractivity contribution in [3.8, 4) is 11.5 Å². The van der Waals surface area contributed by atoms with E-state index in [1.54, 1.807) is 12.1 Å². The van der Waals surface area contributed by atoms with Crippen molar-refractivity contribution in [2.45, 2.75) is 13.3 Å². The molecule has 2 N–H and O–H groups in total. The molecule has 0 heterocycles. The molecule has 1 atom stereocenters. The number of amides is 1. The molecule has 7 heteroatoms. The molecule has 0 saturated carbocycles. The molecular weight excluding hydrogens is 380 g/mol. The van der Waals surface area contributed by atoms with Crippen LogP contribution in [0, 0.1) is 17.6 Å². The average molecular weight is 405 g/mol. The molecule has 0 saturated heterocycles. The Morgan fingerprint density at radius 2 is 2.00 bits per heavy atom. The zero-order valence-electron chi connectivity index (χ0n) is 16.5. The van der Waals surface area contributed by atoms with Gasteiger partial charge >= 0.3 is 0 Å². The first kappa shape index (κ1) is 22.4. The van der Waals surface area contributed by atoms with Gasteiger partial charge in [-0.3, -0.25) is 4.79 Å². The predicted octanol–water partition coefficient (Wildman–Crippen LogP) is 3.35. The number of nitrogens with one attached hydrogen (secondary N) is 1. The minimum Gasteiger partial charge on any atom is -0.493 e. The molecule has 0 bridgehead atoms. The van der Waals surface area contributed by atoms with Crippen LogP contribution in [0.2, 0.25) is 0 Å². The molecule has 1 amide bonds. The zero-order chi connectivity index (χ0) is 21.2. The van der Waals surface area contributed by atoms with Crippen LogP contribution in [-0.4, -0.2) is 37.9 Å². The third-order valence-corrected chi connectivity index (χ3v) is 4.27. The molecule has 0 aliphatic carbocycles. The Labute approximate surface area is 169 Å². The summed E-state index contributed by atoms with van der Waals surface area (Å²) in [5.74, 6) is -1.02. The number of halogens is 2. The number of carbonyl (C=O) groups excluding carboxylic acids is 1. The lowest BCUT2D eigenvalue weighted by molar-refractivity contribution is -0.123. The van der Waals surface area contributed by atoms with Crippen molar-refractivity contribution in [1.29, 1.82) is 0 Å². The average Bonchev–Trinajstić information content (AvgIpc) is 2.72. The number of carbonyl (C=O) groups is 1. The van der Waals surface area contributed by atoms with Crippen LogP contribution in [0.25, 0.3) is 6.08 Å². The van der Waals surface area contributed by atoms with Crippen molar-refractivity contribution in [3.63, 3.8) is 0 Å². The molecule has 0 fully saturated rings. The van der Waals surface area contributed by atoms with Gasteiger partial charge in [0, 0.05) is 19.1 Å². The minimum atomic E-state index is -0.551. The van der Waals surface area contributed by atoms with Gasteiger partial charge in [-0.05, 0) is 54.8 Å². The summed E-state index contributed by atoms with van der Waals surface area (Å²) in [4.78, 5) is 12.1. The first-order valence-corrected chi connectivity index (χ1v) is 9.21. The quantitative estimate of drug-likeness (QED) is 0.636. The Hall–Kier alpha value is -2.93. The minimum absolute atomic E-state index is 0.0987. The van der Waals surface area contributed by atoms with Crippen LogP contribution >= 0.6 is 0 Å². The highest BCUT2D eigenvalue weighted by Gasteiger charge is 2.15. The van der Waals surface area contributed by atoms with Gasteiger partial charge in [-0.1, -0.05) is 18.2 Å². The Balaban J connectivity index is 1.88. The number of allylic oxidation sites excluding steroid dienone is 1. The first-order chi connectivity index (χ1) is 14.0. The van der Waals surface area contributed by atoms with Crippen molar-refractivity contribution in [1.82, 2.24) is 5.32 Å². The maximum absolute atomic E-state index is 13.8. The number of rotatable bonds is 10. The lowest BCUT2D eigenvalue weighted by Crippen LogP contribution is -2.35. The van der Waals surface area contributed by atoms with Crippen LogP contribution in [0.5, 0.6) is 11.5 Å². The molecule has 0 aliphatic rings. The van der Waals surface area contributed by atoms with E-state index in [-0.39, 0.29) is 31.7 Å². The van der Waals surface area contributed by atoms with Crippen LogP contribution in [0.15, 0.2) is 42.5 Å². The van der Waals surface area contributed by atoms with Gasteiger partial charge in [-0.15, -0.1) is 0 Å². The highest BCUT2D eigenvalue weighted by Crippen LogP contribution is 2.28. The topological polar surface area (TPSA) is 67.8 Å². The molecule has 0 aromatic heterocycles. The molecule has 0 spiro atoms. The maximum Gasteiger partial charge on any atom is 0.257 e. The molecule has 2 rings (SSSR count). The maximum atomic E-state index is 13.8. The van der Waals surface area contributed by atoms with Crippen molar-refractivity contribution in [3.05, 3.63) is 65.2 Å². The third-order valence-electron chi connectivity index (χ3n) is 4.27. The van der Waals surface area contributed by atoms with E-state index in [0.717, 1.165) is 23.8 Å². The van der Waals surface area contributed by atoms with Gasteiger partial charge in [0.05, 0.1) is 7.11 Å². The molecule has 5 nitrogen and oxygen atoms in total. The van der Waals surface area contributed by atoms with E-state index in [1.165, 1.54) is 7.11 Å². The van der Waals surface area contributed by atoms with Gasteiger partial charge in [-0.25, -0.2) is 8.78 Å². The molecular formula is C22H25F2NO4. The second-order valence-electron chi connectivity index (χ2n) is 6.49. The Bertz CT molecular complexity index is 855. The van der Waals surface area contributed by atoms with Gasteiger partial charge in [-0.2, -0.15) is 0 Å². The number of aliphatic hydroxyl groups excluding tert-OH is 1. The number of methoxy groups -OCH3 is 1. The van der Waals surface area contributed by atoms with Crippen LogP contribution in [0.1, 0.15) is 18.1 Å². The summed E-state index contributed by atoms with van der Waals surface area (Å²) in [7, 11) is 1.51. The molecule has 0 radical (unpaired) electrons. The summed E-state index contributed by atoms with van der Waals surface area (Å²) in [5, 5.41) is 12.1. The summed E-state index contributed by atoms with van der Waals surface area (Å²) in [6.07, 6.45) is 3.91. The lowest BCUT2D eigenvalue weighted by atomic mass is 9.99. The Morgan fingerprint density at radius 1 is 1.21 bits per heavy atom. The van der Waals surface area contributed by atoms with Crippen LogP contribution in [0.4, 0.5) is 8.78 Å². The van der Waals surface area contributed by atoms with E-state index >= 15 is 0 Å². The second-order valence-corrected chi connectivity index (χ2v) is 6.49. The summed E-state index contributed by atoms with van der Waals surface area (Å²) < 4.78 is 37.8. The predicted molar refractivity (Wildman–Crippen MR) is 107 cm³/mol. The Morgan fingerprint density at radius 3 is 2.69 bits per heavy atom. The number of benzene rings is 2. The second kappa shape index (κ2) is 11.2. The van der Waals surface area contributed by atoms with Gasteiger partial charge in [0.2, 0.25) is 0 Å². The SMILES string of the molecule is C/C=C/c1ccc(OCC(=O)NCC(CO)Cc2cc(F)ccc2F)c(OC)c1. The van der Waals surface area contributed by atoms with E-state index in [1.807, 2.05) is 25.1 Å². The van der Waals surface area contributed by atoms with Crippen molar-refractivity contribution in [2.24, 2.45) is 5.92 Å². The molecule has 156 valence electrons. The lowest BCUT2D eigenvalue weighted by Gasteiger charge is -2.16. The summed E-state index contributed by atoms with van der Waals surface area (Å²) in [6, 6.07) is 8.51. The number of hydrogen-bond donors (Lipinski definition) is 2. The van der Waals surface area contributed by atoms with Crippen LogP contribution < -0.4 is 14.8 Å². The number of hydrogen-bond acceptors (Lipinski definition) is 4. The largest absolute Gasteiger partial charge is 0.493 e. The van der Waals surface area contributed by atoms with Gasteiger partial charge < -0.3 is 19.9 Å². The highest BCUT2D eigenvalue weighted by molar-refractivity contribution is 5.77. The van der Waals surface area contributed by atoms with Crippen LogP contribution in [-0.2, 0) is 11.2 Å². The molecule has 2 aromatic rings. The fraction of sp³-hybridized carbons (Fsp3) is 0.318. The normalized spacial score (nSPS) is 12.0.